The first kappa shape index (κ1) is 17.3. The quantitative estimate of drug-likeness (QED) is 0.759. The fourth-order valence-corrected chi connectivity index (χ4v) is 3.61. The third-order valence-corrected chi connectivity index (χ3v) is 5.17. The molecule has 5 heteroatoms. The normalized spacial score (nSPS) is 14.6. The van der Waals surface area contributed by atoms with E-state index in [1.54, 1.807) is 12.1 Å². The highest BCUT2D eigenvalue weighted by Gasteiger charge is 2.24. The summed E-state index contributed by atoms with van der Waals surface area (Å²) < 4.78 is 0. The molecule has 1 N–H and O–H groups in total. The van der Waals surface area contributed by atoms with Gasteiger partial charge in [-0.15, -0.1) is 0 Å². The lowest BCUT2D eigenvalue weighted by molar-refractivity contribution is 0.0746. The Labute approximate surface area is 158 Å². The van der Waals surface area contributed by atoms with Gasteiger partial charge in [-0.05, 0) is 56.3 Å². The smallest absolute Gasteiger partial charge is 0.255 e. The molecule has 0 radical (unpaired) electrons. The van der Waals surface area contributed by atoms with Crippen LogP contribution in [0.2, 0.25) is 0 Å². The van der Waals surface area contributed by atoms with Crippen LogP contribution in [0, 0.1) is 13.8 Å². The average Bonchev–Trinajstić information content (AvgIpc) is 2.68. The number of carbonyl (C=O) groups excluding carboxylic acids is 1. The van der Waals surface area contributed by atoms with Crippen LogP contribution in [0.15, 0.2) is 48.5 Å². The number of piperazine rings is 1. The Morgan fingerprint density at radius 2 is 1.67 bits per heavy atom. The van der Waals surface area contributed by atoms with E-state index >= 15 is 0 Å². The molecule has 1 aromatic heterocycles. The van der Waals surface area contributed by atoms with E-state index in [2.05, 4.69) is 16.0 Å². The largest absolute Gasteiger partial charge is 0.508 e. The molecule has 5 nitrogen and oxygen atoms in total. The van der Waals surface area contributed by atoms with E-state index in [1.165, 1.54) is 0 Å². The maximum Gasteiger partial charge on any atom is 0.255 e. The predicted octanol–water partition coefficient (Wildman–Crippen LogP) is 3.52. The molecule has 0 bridgehead atoms. The lowest BCUT2D eigenvalue weighted by atomic mass is 10.1. The summed E-state index contributed by atoms with van der Waals surface area (Å²) in [6.45, 7) is 6.84. The second-order valence-electron chi connectivity index (χ2n) is 7.11. The van der Waals surface area contributed by atoms with Crippen molar-refractivity contribution in [2.45, 2.75) is 13.8 Å². The third-order valence-electron chi connectivity index (χ3n) is 5.17. The lowest BCUT2D eigenvalue weighted by Gasteiger charge is -2.36. The van der Waals surface area contributed by atoms with Crippen molar-refractivity contribution >= 4 is 22.5 Å². The minimum atomic E-state index is 0.0498. The molecule has 0 spiro atoms. The number of carbonyl (C=O) groups is 1. The number of fused-ring (bicyclic) bond motifs is 1. The molecule has 1 amide bonds. The van der Waals surface area contributed by atoms with E-state index in [9.17, 15) is 9.90 Å². The van der Waals surface area contributed by atoms with Gasteiger partial charge in [0.2, 0.25) is 0 Å². The molecule has 3 aromatic rings. The lowest BCUT2D eigenvalue weighted by Crippen LogP contribution is -2.49. The van der Waals surface area contributed by atoms with Gasteiger partial charge in [0.25, 0.3) is 5.91 Å². The van der Waals surface area contributed by atoms with Gasteiger partial charge < -0.3 is 14.9 Å². The van der Waals surface area contributed by atoms with E-state index in [0.29, 0.717) is 18.7 Å². The summed E-state index contributed by atoms with van der Waals surface area (Å²) in [4.78, 5) is 21.8. The molecule has 0 aliphatic carbocycles. The summed E-state index contributed by atoms with van der Waals surface area (Å²) in [5.74, 6) is 0.316. The molecule has 1 aliphatic rings. The number of aromatic hydroxyl groups is 1. The van der Waals surface area contributed by atoms with Crippen LogP contribution in [0.25, 0.3) is 10.9 Å². The maximum absolute atomic E-state index is 13.1. The van der Waals surface area contributed by atoms with Crippen molar-refractivity contribution in [1.82, 2.24) is 9.88 Å². The predicted molar refractivity (Wildman–Crippen MR) is 107 cm³/mol. The highest BCUT2D eigenvalue weighted by Crippen LogP contribution is 2.22. The molecule has 1 aliphatic heterocycles. The van der Waals surface area contributed by atoms with E-state index in [4.69, 9.17) is 0 Å². The maximum atomic E-state index is 13.1. The zero-order valence-electron chi connectivity index (χ0n) is 15.6. The van der Waals surface area contributed by atoms with E-state index in [1.807, 2.05) is 49.1 Å². The van der Waals surface area contributed by atoms with Crippen LogP contribution in [0.1, 0.15) is 21.6 Å². The first-order valence-corrected chi connectivity index (χ1v) is 9.22. The molecule has 2 aromatic carbocycles. The minimum Gasteiger partial charge on any atom is -0.508 e. The Morgan fingerprint density at radius 1 is 0.963 bits per heavy atom. The van der Waals surface area contributed by atoms with Crippen LogP contribution < -0.4 is 4.90 Å². The van der Waals surface area contributed by atoms with Crippen LogP contribution in [0.5, 0.6) is 5.75 Å². The Balaban J connectivity index is 1.51. The van der Waals surface area contributed by atoms with Gasteiger partial charge in [-0.25, -0.2) is 0 Å². The van der Waals surface area contributed by atoms with Gasteiger partial charge in [-0.3, -0.25) is 9.78 Å². The van der Waals surface area contributed by atoms with Crippen molar-refractivity contribution in [2.24, 2.45) is 0 Å². The molecule has 4 rings (SSSR count). The highest BCUT2D eigenvalue weighted by atomic mass is 16.3. The Kier molecular flexibility index (Phi) is 4.44. The molecule has 1 saturated heterocycles. The van der Waals surface area contributed by atoms with Crippen LogP contribution in [0.4, 0.5) is 5.69 Å². The summed E-state index contributed by atoms with van der Waals surface area (Å²) in [6.07, 6.45) is 0. The second kappa shape index (κ2) is 6.91. The zero-order chi connectivity index (χ0) is 19.0. The van der Waals surface area contributed by atoms with Gasteiger partial charge >= 0.3 is 0 Å². The number of amides is 1. The fourth-order valence-electron chi connectivity index (χ4n) is 3.61. The number of nitrogens with zero attached hydrogens (tertiary/aromatic N) is 3. The molecule has 0 unspecified atom stereocenters. The van der Waals surface area contributed by atoms with Gasteiger partial charge in [0.05, 0.1) is 16.8 Å². The van der Waals surface area contributed by atoms with E-state index in [0.717, 1.165) is 40.9 Å². The highest BCUT2D eigenvalue weighted by molar-refractivity contribution is 5.98. The summed E-state index contributed by atoms with van der Waals surface area (Å²) in [5, 5.41) is 10.4. The van der Waals surface area contributed by atoms with Crippen LogP contribution in [-0.4, -0.2) is 47.1 Å². The molecule has 138 valence electrons. The van der Waals surface area contributed by atoms with Crippen molar-refractivity contribution in [3.8, 4) is 5.75 Å². The first-order chi connectivity index (χ1) is 13.0. The van der Waals surface area contributed by atoms with Crippen molar-refractivity contribution < 1.29 is 9.90 Å². The summed E-state index contributed by atoms with van der Waals surface area (Å²) in [6, 6.07) is 15.3. The first-order valence-electron chi connectivity index (χ1n) is 9.22. The van der Waals surface area contributed by atoms with Crippen molar-refractivity contribution in [3.63, 3.8) is 0 Å². The summed E-state index contributed by atoms with van der Waals surface area (Å²) in [7, 11) is 0. The van der Waals surface area contributed by atoms with Gasteiger partial charge in [-0.2, -0.15) is 0 Å². The molecule has 0 atom stereocenters. The van der Waals surface area contributed by atoms with Crippen LogP contribution in [-0.2, 0) is 0 Å². The molecule has 1 fully saturated rings. The standard InChI is InChI=1S/C22H23N3O2/c1-15-3-8-21-17(13-15)14-20(16(2)23-21)22(27)25-11-9-24(10-12-25)18-4-6-19(26)7-5-18/h3-8,13-14,26H,9-12H2,1-2H3. The second-order valence-corrected chi connectivity index (χ2v) is 7.11. The molecule has 27 heavy (non-hydrogen) atoms. The molecular formula is C22H23N3O2. The monoisotopic (exact) mass is 361 g/mol. The van der Waals surface area contributed by atoms with Crippen molar-refractivity contribution in [1.29, 1.82) is 0 Å². The number of hydrogen-bond donors (Lipinski definition) is 1. The molecule has 0 saturated carbocycles. The number of aryl methyl sites for hydroxylation is 2. The van der Waals surface area contributed by atoms with Gasteiger partial charge in [-0.1, -0.05) is 11.6 Å². The number of rotatable bonds is 2. The Morgan fingerprint density at radius 3 is 2.37 bits per heavy atom. The van der Waals surface area contributed by atoms with Crippen LogP contribution >= 0.6 is 0 Å². The number of anilines is 1. The third kappa shape index (κ3) is 3.45. The van der Waals surface area contributed by atoms with Crippen LogP contribution in [0.3, 0.4) is 0 Å². The number of phenolic OH excluding ortho intramolecular Hbond substituents is 1. The van der Waals surface area contributed by atoms with E-state index in [-0.39, 0.29) is 11.7 Å². The number of phenols is 1. The minimum absolute atomic E-state index is 0.0498. The molecular weight excluding hydrogens is 338 g/mol. The van der Waals surface area contributed by atoms with Gasteiger partial charge in [0.15, 0.2) is 0 Å². The SMILES string of the molecule is Cc1ccc2nc(C)c(C(=O)N3CCN(c4ccc(O)cc4)CC3)cc2c1. The van der Waals surface area contributed by atoms with Crippen molar-refractivity contribution in [3.05, 3.63) is 65.4 Å². The summed E-state index contributed by atoms with van der Waals surface area (Å²) in [5.41, 5.74) is 4.61. The van der Waals surface area contributed by atoms with Crippen molar-refractivity contribution in [2.75, 3.05) is 31.1 Å². The molecule has 2 heterocycles. The Bertz CT molecular complexity index is 990. The van der Waals surface area contributed by atoms with Gasteiger partial charge in [0, 0.05) is 37.3 Å². The fraction of sp³-hybridized carbons (Fsp3) is 0.273. The summed E-state index contributed by atoms with van der Waals surface area (Å²) >= 11 is 0. The topological polar surface area (TPSA) is 56.7 Å². The zero-order valence-corrected chi connectivity index (χ0v) is 15.6. The number of benzene rings is 2. The Hall–Kier alpha value is -3.08. The van der Waals surface area contributed by atoms with E-state index < -0.39 is 0 Å². The number of pyridine rings is 1. The number of aromatic nitrogens is 1. The van der Waals surface area contributed by atoms with Gasteiger partial charge in [0.1, 0.15) is 5.75 Å². The number of hydrogen-bond acceptors (Lipinski definition) is 4. The average molecular weight is 361 g/mol.